The largest absolute Gasteiger partial charge is 0.373 e. The van der Waals surface area contributed by atoms with Gasteiger partial charge in [-0.3, -0.25) is 10.1 Å². The van der Waals surface area contributed by atoms with E-state index in [0.29, 0.717) is 5.01 Å². The number of sulfonamides is 1. The molecule has 0 aliphatic rings. The number of nitrogens with zero attached hydrogens (tertiary/aromatic N) is 3. The third kappa shape index (κ3) is 4.02. The van der Waals surface area contributed by atoms with Crippen molar-refractivity contribution in [2.24, 2.45) is 5.14 Å². The number of anilines is 1. The molecule has 0 unspecified atom stereocenters. The van der Waals surface area contributed by atoms with E-state index in [1.807, 2.05) is 30.3 Å². The predicted octanol–water partition coefficient (Wildman–Crippen LogP) is 2.37. The quantitative estimate of drug-likeness (QED) is 0.485. The first kappa shape index (κ1) is 17.9. The SMILES string of the molecule is NS(=O)(=O)c1ccc(NCc2nnc(-c3ccccc3)s2)c([N+](=O)[O-])c1. The molecule has 0 saturated carbocycles. The van der Waals surface area contributed by atoms with Crippen molar-refractivity contribution in [1.29, 1.82) is 0 Å². The zero-order valence-electron chi connectivity index (χ0n) is 13.2. The van der Waals surface area contributed by atoms with Gasteiger partial charge in [-0.05, 0) is 12.1 Å². The molecule has 0 fully saturated rings. The predicted molar refractivity (Wildman–Crippen MR) is 97.1 cm³/mol. The monoisotopic (exact) mass is 391 g/mol. The van der Waals surface area contributed by atoms with Gasteiger partial charge in [0.15, 0.2) is 0 Å². The summed E-state index contributed by atoms with van der Waals surface area (Å²) in [5.41, 5.74) is 0.711. The third-order valence-corrected chi connectivity index (χ3v) is 5.30. The van der Waals surface area contributed by atoms with Crippen molar-refractivity contribution >= 4 is 32.7 Å². The number of rotatable bonds is 6. The van der Waals surface area contributed by atoms with Crippen LogP contribution in [0.1, 0.15) is 5.01 Å². The molecule has 0 amide bonds. The van der Waals surface area contributed by atoms with E-state index in [1.54, 1.807) is 0 Å². The molecule has 3 N–H and O–H groups in total. The number of benzene rings is 2. The number of nitrogens with two attached hydrogens (primary N) is 1. The van der Waals surface area contributed by atoms with E-state index in [0.717, 1.165) is 16.6 Å². The maximum absolute atomic E-state index is 11.4. The minimum atomic E-state index is -4.02. The summed E-state index contributed by atoms with van der Waals surface area (Å²) in [6.45, 7) is 0.208. The lowest BCUT2D eigenvalue weighted by atomic mass is 10.2. The van der Waals surface area contributed by atoms with Gasteiger partial charge in [-0.2, -0.15) is 0 Å². The van der Waals surface area contributed by atoms with Gasteiger partial charge in [0.05, 0.1) is 16.4 Å². The highest BCUT2D eigenvalue weighted by Crippen LogP contribution is 2.29. The molecule has 0 aliphatic carbocycles. The maximum atomic E-state index is 11.4. The van der Waals surface area contributed by atoms with Gasteiger partial charge >= 0.3 is 0 Å². The van der Waals surface area contributed by atoms with Crippen molar-refractivity contribution in [2.75, 3.05) is 5.32 Å². The van der Waals surface area contributed by atoms with E-state index in [1.165, 1.54) is 23.5 Å². The van der Waals surface area contributed by atoms with Crippen LogP contribution in [0.15, 0.2) is 53.4 Å². The zero-order chi connectivity index (χ0) is 18.7. The molecule has 134 valence electrons. The zero-order valence-corrected chi connectivity index (χ0v) is 14.8. The average Bonchev–Trinajstić information content (AvgIpc) is 3.08. The van der Waals surface area contributed by atoms with Crippen LogP contribution in [0, 0.1) is 10.1 Å². The van der Waals surface area contributed by atoms with E-state index in [9.17, 15) is 18.5 Å². The fourth-order valence-electron chi connectivity index (χ4n) is 2.18. The molecule has 0 bridgehead atoms. The Bertz CT molecular complexity index is 1050. The summed E-state index contributed by atoms with van der Waals surface area (Å²) in [6.07, 6.45) is 0. The molecule has 0 radical (unpaired) electrons. The smallest absolute Gasteiger partial charge is 0.293 e. The molecule has 3 rings (SSSR count). The first-order valence-electron chi connectivity index (χ1n) is 7.27. The lowest BCUT2D eigenvalue weighted by Gasteiger charge is -2.06. The molecule has 26 heavy (non-hydrogen) atoms. The number of aromatic nitrogens is 2. The number of hydrogen-bond acceptors (Lipinski definition) is 8. The molecule has 0 aliphatic heterocycles. The Kier molecular flexibility index (Phi) is 4.93. The van der Waals surface area contributed by atoms with Crippen molar-refractivity contribution in [3.05, 3.63) is 63.7 Å². The number of nitrogens with one attached hydrogen (secondary N) is 1. The molecular weight excluding hydrogens is 378 g/mol. The van der Waals surface area contributed by atoms with E-state index >= 15 is 0 Å². The summed E-state index contributed by atoms with van der Waals surface area (Å²) in [4.78, 5) is 10.2. The van der Waals surface area contributed by atoms with Gasteiger partial charge in [-0.15, -0.1) is 10.2 Å². The van der Waals surface area contributed by atoms with Crippen LogP contribution in [0.25, 0.3) is 10.6 Å². The Morgan fingerprint density at radius 1 is 1.15 bits per heavy atom. The van der Waals surface area contributed by atoms with Gasteiger partial charge in [0.1, 0.15) is 15.7 Å². The molecule has 11 heteroatoms. The number of hydrogen-bond donors (Lipinski definition) is 2. The standard InChI is InChI=1S/C15H13N5O4S2/c16-26(23,24)11-6-7-12(13(8-11)20(21)22)17-9-14-18-19-15(25-14)10-4-2-1-3-5-10/h1-8,17H,9H2,(H2,16,23,24). The summed E-state index contributed by atoms with van der Waals surface area (Å²) < 4.78 is 22.7. The molecule has 1 aromatic heterocycles. The topological polar surface area (TPSA) is 141 Å². The molecule has 2 aromatic carbocycles. The third-order valence-electron chi connectivity index (χ3n) is 3.41. The highest BCUT2D eigenvalue weighted by molar-refractivity contribution is 7.89. The fourth-order valence-corrected chi connectivity index (χ4v) is 3.50. The normalized spacial score (nSPS) is 11.3. The van der Waals surface area contributed by atoms with E-state index in [2.05, 4.69) is 15.5 Å². The Morgan fingerprint density at radius 2 is 1.88 bits per heavy atom. The first-order valence-corrected chi connectivity index (χ1v) is 9.64. The van der Waals surface area contributed by atoms with Crippen LogP contribution in [-0.2, 0) is 16.6 Å². The summed E-state index contributed by atoms with van der Waals surface area (Å²) in [6, 6.07) is 12.9. The van der Waals surface area contributed by atoms with Gasteiger partial charge < -0.3 is 5.32 Å². The molecule has 0 atom stereocenters. The highest BCUT2D eigenvalue weighted by Gasteiger charge is 2.19. The van der Waals surface area contributed by atoms with Crippen LogP contribution in [0.3, 0.4) is 0 Å². The van der Waals surface area contributed by atoms with Crippen molar-refractivity contribution in [1.82, 2.24) is 10.2 Å². The Labute approximate surface area is 152 Å². The first-order chi connectivity index (χ1) is 12.3. The van der Waals surface area contributed by atoms with Crippen LogP contribution in [0.4, 0.5) is 11.4 Å². The molecule has 9 nitrogen and oxygen atoms in total. The molecular formula is C15H13N5O4S2. The maximum Gasteiger partial charge on any atom is 0.293 e. The van der Waals surface area contributed by atoms with Gasteiger partial charge in [-0.1, -0.05) is 41.7 Å². The van der Waals surface area contributed by atoms with Crippen molar-refractivity contribution in [3.8, 4) is 10.6 Å². The highest BCUT2D eigenvalue weighted by atomic mass is 32.2. The molecule has 0 saturated heterocycles. The average molecular weight is 391 g/mol. The second-order valence-corrected chi connectivity index (χ2v) is 7.83. The minimum Gasteiger partial charge on any atom is -0.373 e. The van der Waals surface area contributed by atoms with E-state index in [-0.39, 0.29) is 22.8 Å². The van der Waals surface area contributed by atoms with E-state index in [4.69, 9.17) is 5.14 Å². The van der Waals surface area contributed by atoms with Crippen LogP contribution in [0.2, 0.25) is 0 Å². The Hall–Kier alpha value is -2.89. The molecule has 3 aromatic rings. The second kappa shape index (κ2) is 7.15. The number of nitro groups is 1. The van der Waals surface area contributed by atoms with Gasteiger partial charge in [0, 0.05) is 11.6 Å². The van der Waals surface area contributed by atoms with Crippen LogP contribution in [0.5, 0.6) is 0 Å². The fraction of sp³-hybridized carbons (Fsp3) is 0.0667. The van der Waals surface area contributed by atoms with Crippen molar-refractivity contribution in [3.63, 3.8) is 0 Å². The van der Waals surface area contributed by atoms with Crippen LogP contribution >= 0.6 is 11.3 Å². The van der Waals surface area contributed by atoms with Gasteiger partial charge in [0.25, 0.3) is 5.69 Å². The summed E-state index contributed by atoms with van der Waals surface area (Å²) in [5, 5.41) is 28.6. The number of nitro benzene ring substituents is 1. The summed E-state index contributed by atoms with van der Waals surface area (Å²) >= 11 is 1.36. The second-order valence-electron chi connectivity index (χ2n) is 5.20. The molecule has 0 spiro atoms. The summed E-state index contributed by atoms with van der Waals surface area (Å²) in [5.74, 6) is 0. The van der Waals surface area contributed by atoms with Crippen LogP contribution in [-0.4, -0.2) is 23.5 Å². The van der Waals surface area contributed by atoms with Crippen molar-refractivity contribution in [2.45, 2.75) is 11.4 Å². The Balaban J connectivity index is 1.80. The summed E-state index contributed by atoms with van der Waals surface area (Å²) in [7, 11) is -4.02. The Morgan fingerprint density at radius 3 is 2.54 bits per heavy atom. The van der Waals surface area contributed by atoms with Crippen molar-refractivity contribution < 1.29 is 13.3 Å². The lowest BCUT2D eigenvalue weighted by molar-refractivity contribution is -0.384. The number of primary sulfonamides is 1. The van der Waals surface area contributed by atoms with E-state index < -0.39 is 14.9 Å². The van der Waals surface area contributed by atoms with Gasteiger partial charge in [-0.25, -0.2) is 13.6 Å². The lowest BCUT2D eigenvalue weighted by Crippen LogP contribution is -2.13. The van der Waals surface area contributed by atoms with Crippen LogP contribution < -0.4 is 10.5 Å². The van der Waals surface area contributed by atoms with Gasteiger partial charge in [0.2, 0.25) is 10.0 Å². The minimum absolute atomic E-state index is 0.166. The molecule has 1 heterocycles.